The van der Waals surface area contributed by atoms with Crippen LogP contribution in [0.15, 0.2) is 0 Å². The summed E-state index contributed by atoms with van der Waals surface area (Å²) in [5.41, 5.74) is 7.31. The molecule has 1 aliphatic rings. The highest BCUT2D eigenvalue weighted by atomic mass is 32.1. The van der Waals surface area contributed by atoms with E-state index in [4.69, 9.17) is 5.73 Å². The van der Waals surface area contributed by atoms with Gasteiger partial charge in [0, 0.05) is 10.9 Å². The van der Waals surface area contributed by atoms with Crippen molar-refractivity contribution in [2.24, 2.45) is 5.73 Å². The molecule has 0 spiro atoms. The van der Waals surface area contributed by atoms with Crippen LogP contribution >= 0.6 is 11.3 Å². The zero-order valence-electron chi connectivity index (χ0n) is 8.05. The summed E-state index contributed by atoms with van der Waals surface area (Å²) >= 11 is 1.83. The number of hydrogen-bond acceptors (Lipinski definition) is 3. The second-order valence-corrected chi connectivity index (χ2v) is 4.78. The van der Waals surface area contributed by atoms with Gasteiger partial charge in [0.2, 0.25) is 0 Å². The van der Waals surface area contributed by atoms with E-state index in [0.29, 0.717) is 0 Å². The molecule has 1 unspecified atom stereocenters. The van der Waals surface area contributed by atoms with Gasteiger partial charge in [0.1, 0.15) is 0 Å². The van der Waals surface area contributed by atoms with Crippen molar-refractivity contribution in [2.45, 2.75) is 45.1 Å². The molecule has 2 rings (SSSR count). The van der Waals surface area contributed by atoms with E-state index in [0.717, 1.165) is 19.3 Å². The van der Waals surface area contributed by atoms with Gasteiger partial charge in [0.25, 0.3) is 0 Å². The van der Waals surface area contributed by atoms with Crippen molar-refractivity contribution >= 4 is 11.3 Å². The lowest BCUT2D eigenvalue weighted by atomic mass is 9.99. The Kier molecular flexibility index (Phi) is 2.65. The Morgan fingerprint density at radius 1 is 1.62 bits per heavy atom. The summed E-state index contributed by atoms with van der Waals surface area (Å²) in [6.45, 7) is 2.19. The maximum atomic E-state index is 6.03. The molecule has 0 radical (unpaired) electrons. The van der Waals surface area contributed by atoms with E-state index in [2.05, 4.69) is 11.9 Å². The van der Waals surface area contributed by atoms with Crippen LogP contribution in [0.4, 0.5) is 0 Å². The summed E-state index contributed by atoms with van der Waals surface area (Å²) in [6.07, 6.45) is 5.79. The predicted molar refractivity (Wildman–Crippen MR) is 56.0 cm³/mol. The molecule has 0 aliphatic heterocycles. The van der Waals surface area contributed by atoms with Crippen molar-refractivity contribution in [3.63, 3.8) is 0 Å². The molecule has 0 amide bonds. The summed E-state index contributed by atoms with van der Waals surface area (Å²) < 4.78 is 0. The molecule has 1 aromatic rings. The lowest BCUT2D eigenvalue weighted by Gasteiger charge is -2.15. The van der Waals surface area contributed by atoms with Crippen molar-refractivity contribution in [3.05, 3.63) is 15.6 Å². The minimum absolute atomic E-state index is 0.270. The third-order valence-corrected chi connectivity index (χ3v) is 3.79. The topological polar surface area (TPSA) is 38.9 Å². The highest BCUT2D eigenvalue weighted by molar-refractivity contribution is 7.11. The minimum atomic E-state index is 0.270. The third kappa shape index (κ3) is 1.76. The number of fused-ring (bicyclic) bond motifs is 1. The second-order valence-electron chi connectivity index (χ2n) is 3.67. The Balaban J connectivity index is 2.25. The lowest BCUT2D eigenvalue weighted by Crippen LogP contribution is -2.15. The van der Waals surface area contributed by atoms with Crippen molar-refractivity contribution in [1.82, 2.24) is 4.98 Å². The molecule has 72 valence electrons. The van der Waals surface area contributed by atoms with Crippen LogP contribution in [0.5, 0.6) is 0 Å². The van der Waals surface area contributed by atoms with E-state index in [9.17, 15) is 0 Å². The van der Waals surface area contributed by atoms with Crippen LogP contribution in [-0.2, 0) is 12.8 Å². The molecule has 0 aromatic carbocycles. The van der Waals surface area contributed by atoms with Crippen LogP contribution in [0.3, 0.4) is 0 Å². The maximum Gasteiger partial charge on any atom is 0.0931 e. The Morgan fingerprint density at radius 3 is 3.15 bits per heavy atom. The predicted octanol–water partition coefficient (Wildman–Crippen LogP) is 2.43. The van der Waals surface area contributed by atoms with Gasteiger partial charge >= 0.3 is 0 Å². The van der Waals surface area contributed by atoms with Crippen LogP contribution in [0.2, 0.25) is 0 Å². The molecular weight excluding hydrogens is 180 g/mol. The van der Waals surface area contributed by atoms with Gasteiger partial charge in [0.15, 0.2) is 0 Å². The average molecular weight is 196 g/mol. The summed E-state index contributed by atoms with van der Waals surface area (Å²) in [5, 5.41) is 1.28. The van der Waals surface area contributed by atoms with Crippen LogP contribution in [0, 0.1) is 0 Å². The highest BCUT2D eigenvalue weighted by Crippen LogP contribution is 2.32. The van der Waals surface area contributed by atoms with E-state index >= 15 is 0 Å². The maximum absolute atomic E-state index is 6.03. The average Bonchev–Trinajstić information content (AvgIpc) is 2.49. The number of aromatic nitrogens is 1. The fraction of sp³-hybridized carbons (Fsp3) is 0.700. The molecule has 13 heavy (non-hydrogen) atoms. The fourth-order valence-corrected chi connectivity index (χ4v) is 3.08. The Labute approximate surface area is 83.2 Å². The first-order chi connectivity index (χ1) is 6.31. The van der Waals surface area contributed by atoms with E-state index in [1.807, 2.05) is 11.3 Å². The summed E-state index contributed by atoms with van der Waals surface area (Å²) in [5.74, 6) is 0. The van der Waals surface area contributed by atoms with Crippen LogP contribution < -0.4 is 5.73 Å². The van der Waals surface area contributed by atoms with Crippen molar-refractivity contribution in [1.29, 1.82) is 0 Å². The lowest BCUT2D eigenvalue weighted by molar-refractivity contribution is 0.573. The Hall–Kier alpha value is -0.410. The first-order valence-corrected chi connectivity index (χ1v) is 5.87. The molecule has 0 saturated carbocycles. The van der Waals surface area contributed by atoms with Crippen LogP contribution in [0.25, 0.3) is 0 Å². The van der Waals surface area contributed by atoms with Gasteiger partial charge in [-0.15, -0.1) is 11.3 Å². The van der Waals surface area contributed by atoms with Gasteiger partial charge in [-0.25, -0.2) is 4.98 Å². The van der Waals surface area contributed by atoms with Gasteiger partial charge in [-0.1, -0.05) is 6.92 Å². The molecule has 0 bridgehead atoms. The third-order valence-electron chi connectivity index (χ3n) is 2.50. The molecule has 1 aromatic heterocycles. The standard InChI is InChI=1S/C10H16N2S/c1-2-4-9-12-8-6-3-5-7(11)10(8)13-9/h7H,2-6,11H2,1H3. The summed E-state index contributed by atoms with van der Waals surface area (Å²) in [7, 11) is 0. The van der Waals surface area contributed by atoms with Crippen LogP contribution in [-0.4, -0.2) is 4.98 Å². The molecule has 1 heterocycles. The molecule has 1 aliphatic carbocycles. The Morgan fingerprint density at radius 2 is 2.46 bits per heavy atom. The molecule has 1 atom stereocenters. The SMILES string of the molecule is CCCc1nc2c(s1)C(N)CCC2. The van der Waals surface area contributed by atoms with E-state index in [-0.39, 0.29) is 6.04 Å². The van der Waals surface area contributed by atoms with E-state index in [1.165, 1.54) is 28.4 Å². The van der Waals surface area contributed by atoms with Gasteiger partial charge < -0.3 is 5.73 Å². The zero-order chi connectivity index (χ0) is 9.26. The van der Waals surface area contributed by atoms with E-state index in [1.54, 1.807) is 0 Å². The normalized spacial score (nSPS) is 21.5. The molecular formula is C10H16N2S. The van der Waals surface area contributed by atoms with Gasteiger partial charge in [0.05, 0.1) is 10.7 Å². The van der Waals surface area contributed by atoms with Crippen LogP contribution in [0.1, 0.15) is 47.8 Å². The number of aryl methyl sites for hydroxylation is 2. The minimum Gasteiger partial charge on any atom is -0.323 e. The monoisotopic (exact) mass is 196 g/mol. The summed E-state index contributed by atoms with van der Waals surface area (Å²) in [4.78, 5) is 5.99. The highest BCUT2D eigenvalue weighted by Gasteiger charge is 2.20. The first-order valence-electron chi connectivity index (χ1n) is 5.05. The first kappa shape index (κ1) is 9.16. The van der Waals surface area contributed by atoms with Gasteiger partial charge in [-0.05, 0) is 32.1 Å². The summed E-state index contributed by atoms with van der Waals surface area (Å²) in [6, 6.07) is 0.270. The van der Waals surface area contributed by atoms with Crippen molar-refractivity contribution < 1.29 is 0 Å². The number of thiazole rings is 1. The molecule has 2 N–H and O–H groups in total. The molecule has 2 nitrogen and oxygen atoms in total. The number of nitrogens with zero attached hydrogens (tertiary/aromatic N) is 1. The zero-order valence-corrected chi connectivity index (χ0v) is 8.86. The van der Waals surface area contributed by atoms with Gasteiger partial charge in [-0.3, -0.25) is 0 Å². The quantitative estimate of drug-likeness (QED) is 0.789. The molecule has 0 saturated heterocycles. The van der Waals surface area contributed by atoms with Gasteiger partial charge in [-0.2, -0.15) is 0 Å². The second kappa shape index (κ2) is 3.76. The number of rotatable bonds is 2. The Bertz CT molecular complexity index is 293. The van der Waals surface area contributed by atoms with E-state index < -0.39 is 0 Å². The van der Waals surface area contributed by atoms with Crippen molar-refractivity contribution in [2.75, 3.05) is 0 Å². The molecule has 0 fully saturated rings. The number of nitrogens with two attached hydrogens (primary N) is 1. The fourth-order valence-electron chi connectivity index (χ4n) is 1.82. The molecule has 3 heteroatoms. The smallest absolute Gasteiger partial charge is 0.0931 e. The van der Waals surface area contributed by atoms with Crippen molar-refractivity contribution in [3.8, 4) is 0 Å². The number of hydrogen-bond donors (Lipinski definition) is 1. The largest absolute Gasteiger partial charge is 0.323 e.